The number of aromatic hydroxyl groups is 1. The van der Waals surface area contributed by atoms with Crippen LogP contribution in [-0.2, 0) is 9.59 Å². The SMILES string of the molecule is CC.CC.CCCC(=O)NC.CCCC(=O)NC.O=C(c1ccccc1)c1ccccc1O. The zero-order valence-corrected chi connectivity index (χ0v) is 21.7. The van der Waals surface area contributed by atoms with Gasteiger partial charge in [0.2, 0.25) is 11.8 Å². The van der Waals surface area contributed by atoms with Crippen LogP contribution in [-0.4, -0.2) is 36.8 Å². The molecule has 6 heteroatoms. The second-order valence-corrected chi connectivity index (χ2v) is 6.06. The number of amides is 2. The zero-order valence-electron chi connectivity index (χ0n) is 21.7. The molecular formula is C27H44N2O4. The van der Waals surface area contributed by atoms with Gasteiger partial charge in [-0.25, -0.2) is 0 Å². The van der Waals surface area contributed by atoms with E-state index in [0.717, 1.165) is 12.8 Å². The van der Waals surface area contributed by atoms with E-state index in [1.54, 1.807) is 56.6 Å². The Morgan fingerprint density at radius 2 is 1.09 bits per heavy atom. The van der Waals surface area contributed by atoms with Crippen molar-refractivity contribution in [3.8, 4) is 5.75 Å². The summed E-state index contributed by atoms with van der Waals surface area (Å²) < 4.78 is 0. The number of hydrogen-bond donors (Lipinski definition) is 3. The first-order valence-corrected chi connectivity index (χ1v) is 11.7. The van der Waals surface area contributed by atoms with Gasteiger partial charge in [0.05, 0.1) is 5.56 Å². The lowest BCUT2D eigenvalue weighted by Crippen LogP contribution is -2.16. The molecule has 0 fully saturated rings. The van der Waals surface area contributed by atoms with E-state index >= 15 is 0 Å². The highest BCUT2D eigenvalue weighted by molar-refractivity contribution is 6.10. The topological polar surface area (TPSA) is 95.5 Å². The van der Waals surface area contributed by atoms with Crippen molar-refractivity contribution in [3.63, 3.8) is 0 Å². The second kappa shape index (κ2) is 25.1. The van der Waals surface area contributed by atoms with Gasteiger partial charge in [0.1, 0.15) is 5.75 Å². The lowest BCUT2D eigenvalue weighted by molar-refractivity contribution is -0.121. The number of rotatable bonds is 6. The van der Waals surface area contributed by atoms with Crippen LogP contribution in [0.2, 0.25) is 0 Å². The molecule has 33 heavy (non-hydrogen) atoms. The van der Waals surface area contributed by atoms with Crippen LogP contribution in [0.1, 0.15) is 83.1 Å². The Balaban J connectivity index is -0.000000424. The predicted molar refractivity (Wildman–Crippen MR) is 139 cm³/mol. The summed E-state index contributed by atoms with van der Waals surface area (Å²) in [7, 11) is 3.30. The fourth-order valence-electron chi connectivity index (χ4n) is 2.11. The highest BCUT2D eigenvalue weighted by atomic mass is 16.3. The quantitative estimate of drug-likeness (QED) is 0.479. The Morgan fingerprint density at radius 1 is 0.697 bits per heavy atom. The van der Waals surface area contributed by atoms with Crippen LogP contribution in [0.5, 0.6) is 5.75 Å². The molecule has 6 nitrogen and oxygen atoms in total. The third-order valence-electron chi connectivity index (χ3n) is 3.70. The molecule has 0 aliphatic rings. The molecule has 2 aromatic rings. The average Bonchev–Trinajstić information content (AvgIpc) is 2.88. The minimum Gasteiger partial charge on any atom is -0.507 e. The third-order valence-corrected chi connectivity index (χ3v) is 3.70. The Labute approximate surface area is 200 Å². The molecule has 0 heterocycles. The van der Waals surface area contributed by atoms with Gasteiger partial charge in [-0.15, -0.1) is 0 Å². The molecule has 186 valence electrons. The Morgan fingerprint density at radius 3 is 1.42 bits per heavy atom. The molecule has 0 saturated carbocycles. The molecule has 2 aromatic carbocycles. The highest BCUT2D eigenvalue weighted by Gasteiger charge is 2.11. The smallest absolute Gasteiger partial charge is 0.219 e. The maximum atomic E-state index is 11.9. The molecule has 0 unspecified atom stereocenters. The van der Waals surface area contributed by atoms with Crippen molar-refractivity contribution < 1.29 is 19.5 Å². The van der Waals surface area contributed by atoms with Gasteiger partial charge in [-0.3, -0.25) is 14.4 Å². The van der Waals surface area contributed by atoms with E-state index in [9.17, 15) is 19.5 Å². The van der Waals surface area contributed by atoms with Crippen LogP contribution < -0.4 is 10.6 Å². The predicted octanol–water partition coefficient (Wildman–Crippen LogP) is 5.74. The first-order chi connectivity index (χ1) is 15.9. The van der Waals surface area contributed by atoms with E-state index in [1.807, 2.05) is 47.6 Å². The lowest BCUT2D eigenvalue weighted by Gasteiger charge is -2.02. The molecule has 0 saturated heterocycles. The fraction of sp³-hybridized carbons (Fsp3) is 0.444. The molecule has 0 radical (unpaired) electrons. The number of nitrogens with one attached hydrogen (secondary N) is 2. The van der Waals surface area contributed by atoms with Crippen LogP contribution in [0.4, 0.5) is 0 Å². The standard InChI is InChI=1S/C13H10O2.2C5H11NO.2C2H6/c14-12-9-5-4-8-11(12)13(15)10-6-2-1-3-7-10;2*1-3-4-5(7)6-2;2*1-2/h1-9,14H;2*3-4H2,1-2H3,(H,6,7);2*1-2H3. The monoisotopic (exact) mass is 460 g/mol. The van der Waals surface area contributed by atoms with Gasteiger partial charge >= 0.3 is 0 Å². The number of ketones is 1. The lowest BCUT2D eigenvalue weighted by atomic mass is 10.0. The number of carbonyl (C=O) groups is 3. The van der Waals surface area contributed by atoms with Crippen molar-refractivity contribution in [2.45, 2.75) is 67.2 Å². The number of benzene rings is 2. The normalized spacial score (nSPS) is 8.36. The molecule has 0 aromatic heterocycles. The fourth-order valence-corrected chi connectivity index (χ4v) is 2.11. The van der Waals surface area contributed by atoms with Crippen molar-refractivity contribution in [1.82, 2.24) is 10.6 Å². The summed E-state index contributed by atoms with van der Waals surface area (Å²) in [6.45, 7) is 12.0. The number of para-hydroxylation sites is 1. The van der Waals surface area contributed by atoms with Crippen LogP contribution in [0.15, 0.2) is 54.6 Å². The Kier molecular flexibility index (Phi) is 26.2. The van der Waals surface area contributed by atoms with Crippen LogP contribution >= 0.6 is 0 Å². The summed E-state index contributed by atoms with van der Waals surface area (Å²) in [5.41, 5.74) is 0.919. The third kappa shape index (κ3) is 18.2. The van der Waals surface area contributed by atoms with Gasteiger partial charge in [0, 0.05) is 32.5 Å². The number of hydrogen-bond acceptors (Lipinski definition) is 4. The van der Waals surface area contributed by atoms with Gasteiger partial charge in [-0.05, 0) is 25.0 Å². The van der Waals surface area contributed by atoms with Crippen molar-refractivity contribution in [3.05, 3.63) is 65.7 Å². The van der Waals surface area contributed by atoms with Crippen molar-refractivity contribution in [2.75, 3.05) is 14.1 Å². The van der Waals surface area contributed by atoms with Crippen LogP contribution in [0.25, 0.3) is 0 Å². The summed E-state index contributed by atoms with van der Waals surface area (Å²) in [4.78, 5) is 32.5. The van der Waals surface area contributed by atoms with Gasteiger partial charge in [0.15, 0.2) is 5.78 Å². The van der Waals surface area contributed by atoms with Crippen molar-refractivity contribution >= 4 is 17.6 Å². The van der Waals surface area contributed by atoms with Gasteiger partial charge in [-0.2, -0.15) is 0 Å². The summed E-state index contributed by atoms with van der Waals surface area (Å²) in [5, 5.41) is 14.6. The van der Waals surface area contributed by atoms with E-state index in [-0.39, 0.29) is 23.3 Å². The number of phenols is 1. The van der Waals surface area contributed by atoms with E-state index in [4.69, 9.17) is 0 Å². The first-order valence-electron chi connectivity index (χ1n) is 11.7. The van der Waals surface area contributed by atoms with Crippen LogP contribution in [0.3, 0.4) is 0 Å². The molecule has 2 amide bonds. The van der Waals surface area contributed by atoms with Gasteiger partial charge in [-0.1, -0.05) is 84.0 Å². The van der Waals surface area contributed by atoms with Crippen molar-refractivity contribution in [1.29, 1.82) is 0 Å². The number of phenolic OH excluding ortho intramolecular Hbond substituents is 1. The highest BCUT2D eigenvalue weighted by Crippen LogP contribution is 2.19. The molecule has 0 atom stereocenters. The Hall–Kier alpha value is -3.15. The maximum Gasteiger partial charge on any atom is 0.219 e. The summed E-state index contributed by atoms with van der Waals surface area (Å²) in [6.07, 6.45) is 3.16. The van der Waals surface area contributed by atoms with Gasteiger partial charge < -0.3 is 15.7 Å². The molecule has 3 N–H and O–H groups in total. The van der Waals surface area contributed by atoms with E-state index in [2.05, 4.69) is 10.6 Å². The second-order valence-electron chi connectivity index (χ2n) is 6.06. The molecule has 2 rings (SSSR count). The summed E-state index contributed by atoms with van der Waals surface area (Å²) >= 11 is 0. The summed E-state index contributed by atoms with van der Waals surface area (Å²) in [5.74, 6) is 0.116. The van der Waals surface area contributed by atoms with Crippen molar-refractivity contribution in [2.24, 2.45) is 0 Å². The zero-order chi connectivity index (χ0) is 26.1. The molecule has 0 aliphatic carbocycles. The largest absolute Gasteiger partial charge is 0.507 e. The first kappa shape index (κ1) is 34.5. The Bertz CT molecular complexity index is 729. The minimum absolute atomic E-state index is 0.0198. The maximum absolute atomic E-state index is 11.9. The average molecular weight is 461 g/mol. The van der Waals surface area contributed by atoms with E-state index in [0.29, 0.717) is 24.0 Å². The van der Waals surface area contributed by atoms with E-state index < -0.39 is 0 Å². The minimum atomic E-state index is -0.159. The van der Waals surface area contributed by atoms with Gasteiger partial charge in [0.25, 0.3) is 0 Å². The molecule has 0 bridgehead atoms. The summed E-state index contributed by atoms with van der Waals surface area (Å²) in [6, 6.07) is 15.5. The molecular weight excluding hydrogens is 416 g/mol. The van der Waals surface area contributed by atoms with E-state index in [1.165, 1.54) is 6.07 Å². The van der Waals surface area contributed by atoms with Crippen LogP contribution in [0, 0.1) is 0 Å². The number of carbonyl (C=O) groups excluding carboxylic acids is 3. The molecule has 0 spiro atoms. The molecule has 0 aliphatic heterocycles.